The van der Waals surface area contributed by atoms with Crippen molar-refractivity contribution in [3.63, 3.8) is 0 Å². The van der Waals surface area contributed by atoms with Gasteiger partial charge in [-0.3, -0.25) is 0 Å². The molecule has 1 saturated heterocycles. The van der Waals surface area contributed by atoms with Crippen LogP contribution in [0.1, 0.15) is 6.04 Å². The van der Waals surface area contributed by atoms with Crippen molar-refractivity contribution in [3.05, 3.63) is 67.0 Å². The molecule has 2 aromatic heterocycles. The van der Waals surface area contributed by atoms with Crippen LogP contribution in [0.15, 0.2) is 71.5 Å². The quantitative estimate of drug-likeness (QED) is 0.517. The van der Waals surface area contributed by atoms with Gasteiger partial charge in [-0.1, -0.05) is 65.8 Å². The van der Waals surface area contributed by atoms with Gasteiger partial charge in [0.25, 0.3) is 5.89 Å². The molecule has 0 unspecified atom stereocenters. The predicted molar refractivity (Wildman–Crippen MR) is 107 cm³/mol. The zero-order valence-electron chi connectivity index (χ0n) is 15.9. The summed E-state index contributed by atoms with van der Waals surface area (Å²) >= 11 is 0. The molecule has 29 heavy (non-hydrogen) atoms. The van der Waals surface area contributed by atoms with E-state index in [1.165, 1.54) is 0 Å². The first-order valence-corrected chi connectivity index (χ1v) is 9.47. The van der Waals surface area contributed by atoms with Crippen molar-refractivity contribution in [1.82, 2.24) is 19.7 Å². The minimum atomic E-state index is -0.0666. The van der Waals surface area contributed by atoms with Crippen molar-refractivity contribution in [2.75, 3.05) is 20.3 Å². The molecule has 0 bridgehead atoms. The third kappa shape index (κ3) is 3.24. The third-order valence-electron chi connectivity index (χ3n) is 5.16. The second-order valence-electron chi connectivity index (χ2n) is 6.88. The van der Waals surface area contributed by atoms with Gasteiger partial charge in [0.15, 0.2) is 0 Å². The lowest BCUT2D eigenvalue weighted by Gasteiger charge is -2.19. The highest BCUT2D eigenvalue weighted by molar-refractivity contribution is 5.75. The van der Waals surface area contributed by atoms with Crippen LogP contribution in [-0.4, -0.2) is 46.1 Å². The van der Waals surface area contributed by atoms with Crippen LogP contribution >= 0.6 is 0 Å². The van der Waals surface area contributed by atoms with Crippen LogP contribution in [0.4, 0.5) is 0 Å². The summed E-state index contributed by atoms with van der Waals surface area (Å²) in [5.74, 6) is 0.959. The fourth-order valence-electron chi connectivity index (χ4n) is 3.66. The van der Waals surface area contributed by atoms with E-state index in [0.717, 1.165) is 22.5 Å². The molecule has 0 amide bonds. The van der Waals surface area contributed by atoms with Crippen LogP contribution in [0.25, 0.3) is 34.2 Å². The number of ether oxygens (including phenoxy) is 2. The molecule has 2 aromatic carbocycles. The van der Waals surface area contributed by atoms with Gasteiger partial charge in [0, 0.05) is 18.2 Å². The molecule has 0 radical (unpaired) electrons. The maximum absolute atomic E-state index is 5.69. The van der Waals surface area contributed by atoms with Crippen LogP contribution in [-0.2, 0) is 9.47 Å². The Morgan fingerprint density at radius 1 is 0.966 bits per heavy atom. The topological polar surface area (TPSA) is 75.2 Å². The minimum absolute atomic E-state index is 0.0213. The Hall–Kier alpha value is -3.29. The van der Waals surface area contributed by atoms with Crippen LogP contribution in [0.2, 0.25) is 0 Å². The maximum atomic E-state index is 5.69. The molecule has 0 saturated carbocycles. The number of benzene rings is 2. The number of methoxy groups -OCH3 is 1. The van der Waals surface area contributed by atoms with Gasteiger partial charge < -0.3 is 18.6 Å². The maximum Gasteiger partial charge on any atom is 0.277 e. The summed E-state index contributed by atoms with van der Waals surface area (Å²) in [5, 5.41) is 4.19. The van der Waals surface area contributed by atoms with Crippen molar-refractivity contribution in [3.8, 4) is 34.2 Å². The van der Waals surface area contributed by atoms with Crippen molar-refractivity contribution in [2.24, 2.45) is 0 Å². The molecule has 1 aliphatic heterocycles. The third-order valence-corrected chi connectivity index (χ3v) is 5.16. The predicted octanol–water partition coefficient (Wildman–Crippen LogP) is 3.85. The van der Waals surface area contributed by atoms with Gasteiger partial charge in [-0.2, -0.15) is 4.98 Å². The Morgan fingerprint density at radius 2 is 1.69 bits per heavy atom. The lowest BCUT2D eigenvalue weighted by molar-refractivity contribution is 0.0687. The monoisotopic (exact) mass is 388 g/mol. The van der Waals surface area contributed by atoms with Crippen molar-refractivity contribution >= 4 is 0 Å². The highest BCUT2D eigenvalue weighted by atomic mass is 16.5. The Labute approximate surface area is 167 Å². The molecule has 146 valence electrons. The Bertz CT molecular complexity index is 1090. The van der Waals surface area contributed by atoms with E-state index in [9.17, 15) is 0 Å². The first kappa shape index (κ1) is 17.8. The molecule has 0 aliphatic carbocycles. The Kier molecular flexibility index (Phi) is 4.67. The first-order valence-electron chi connectivity index (χ1n) is 9.47. The van der Waals surface area contributed by atoms with E-state index in [4.69, 9.17) is 14.0 Å². The van der Waals surface area contributed by atoms with Crippen LogP contribution < -0.4 is 0 Å². The van der Waals surface area contributed by atoms with E-state index in [1.807, 2.05) is 65.2 Å². The fourth-order valence-corrected chi connectivity index (χ4v) is 3.66. The zero-order valence-corrected chi connectivity index (χ0v) is 15.9. The van der Waals surface area contributed by atoms with E-state index >= 15 is 0 Å². The molecular weight excluding hydrogens is 368 g/mol. The van der Waals surface area contributed by atoms with Crippen molar-refractivity contribution < 1.29 is 14.0 Å². The van der Waals surface area contributed by atoms with Crippen LogP contribution in [0.5, 0.6) is 0 Å². The molecule has 2 atom stereocenters. The summed E-state index contributed by atoms with van der Waals surface area (Å²) in [4.78, 5) is 9.35. The zero-order chi connectivity index (χ0) is 19.6. The number of imidazole rings is 1. The minimum Gasteiger partial charge on any atom is -0.377 e. The van der Waals surface area contributed by atoms with Gasteiger partial charge in [0.05, 0.1) is 25.6 Å². The van der Waals surface area contributed by atoms with E-state index < -0.39 is 0 Å². The Balaban J connectivity index is 1.64. The summed E-state index contributed by atoms with van der Waals surface area (Å²) in [5.41, 5.74) is 3.43. The summed E-state index contributed by atoms with van der Waals surface area (Å²) in [6, 6.07) is 19.7. The SMILES string of the molecule is CO[C@H]1COC[C@@H]1n1cnc(-c2ccccc2)c1-c1nc(-c2ccccc2)no1. The van der Waals surface area contributed by atoms with Crippen molar-refractivity contribution in [2.45, 2.75) is 12.1 Å². The summed E-state index contributed by atoms with van der Waals surface area (Å²) in [6.07, 6.45) is 1.73. The molecular formula is C22H20N4O3. The number of hydrogen-bond donors (Lipinski definition) is 0. The first-order chi connectivity index (χ1) is 14.3. The number of rotatable bonds is 5. The molecule has 3 heterocycles. The second-order valence-corrected chi connectivity index (χ2v) is 6.88. The van der Waals surface area contributed by atoms with E-state index in [2.05, 4.69) is 15.1 Å². The largest absolute Gasteiger partial charge is 0.377 e. The molecule has 7 nitrogen and oxygen atoms in total. The standard InChI is InChI=1S/C22H20N4O3/c1-27-18-13-28-12-17(18)26-14-23-19(15-8-4-2-5-9-15)20(26)22-24-21(25-29-22)16-10-6-3-7-11-16/h2-11,14,17-18H,12-13H2,1H3/t17-,18-/m0/s1. The summed E-state index contributed by atoms with van der Waals surface area (Å²) in [7, 11) is 1.70. The molecule has 0 spiro atoms. The van der Waals surface area contributed by atoms with E-state index in [0.29, 0.717) is 24.9 Å². The summed E-state index contributed by atoms with van der Waals surface area (Å²) < 4.78 is 19.0. The molecule has 5 rings (SSSR count). The molecule has 0 N–H and O–H groups in total. The van der Waals surface area contributed by atoms with Gasteiger partial charge in [-0.25, -0.2) is 4.98 Å². The highest BCUT2D eigenvalue weighted by Gasteiger charge is 2.34. The number of hydrogen-bond acceptors (Lipinski definition) is 6. The lowest BCUT2D eigenvalue weighted by atomic mass is 10.1. The smallest absolute Gasteiger partial charge is 0.277 e. The molecule has 1 aliphatic rings. The average Bonchev–Trinajstić information content (AvgIpc) is 3.53. The van der Waals surface area contributed by atoms with Crippen molar-refractivity contribution in [1.29, 1.82) is 0 Å². The van der Waals surface area contributed by atoms with E-state index in [-0.39, 0.29) is 12.1 Å². The van der Waals surface area contributed by atoms with E-state index in [1.54, 1.807) is 13.4 Å². The fraction of sp³-hybridized carbons (Fsp3) is 0.227. The second kappa shape index (κ2) is 7.62. The van der Waals surface area contributed by atoms with Gasteiger partial charge in [-0.05, 0) is 0 Å². The van der Waals surface area contributed by atoms with Gasteiger partial charge >= 0.3 is 0 Å². The van der Waals surface area contributed by atoms with Crippen LogP contribution in [0.3, 0.4) is 0 Å². The van der Waals surface area contributed by atoms with Crippen LogP contribution in [0, 0.1) is 0 Å². The number of nitrogens with zero attached hydrogens (tertiary/aromatic N) is 4. The highest BCUT2D eigenvalue weighted by Crippen LogP contribution is 2.35. The lowest BCUT2D eigenvalue weighted by Crippen LogP contribution is -2.24. The molecule has 1 fully saturated rings. The van der Waals surface area contributed by atoms with Gasteiger partial charge in [-0.15, -0.1) is 0 Å². The average molecular weight is 388 g/mol. The molecule has 4 aromatic rings. The number of aromatic nitrogens is 4. The Morgan fingerprint density at radius 3 is 2.41 bits per heavy atom. The van der Waals surface area contributed by atoms with Gasteiger partial charge in [0.1, 0.15) is 17.5 Å². The molecule has 7 heteroatoms. The van der Waals surface area contributed by atoms with Gasteiger partial charge in [0.2, 0.25) is 5.82 Å². The normalized spacial score (nSPS) is 18.9. The summed E-state index contributed by atoms with van der Waals surface area (Å²) in [6.45, 7) is 1.08.